The largest absolute Gasteiger partial charge is 0.377 e. The highest BCUT2D eigenvalue weighted by atomic mass is 79.9. The van der Waals surface area contributed by atoms with Crippen molar-refractivity contribution in [1.29, 1.82) is 0 Å². The maximum Gasteiger partial charge on any atom is 0.173 e. The Morgan fingerprint density at radius 2 is 2.29 bits per heavy atom. The van der Waals surface area contributed by atoms with Crippen molar-refractivity contribution in [2.24, 2.45) is 0 Å². The van der Waals surface area contributed by atoms with Gasteiger partial charge in [-0.15, -0.1) is 11.8 Å². The Bertz CT molecular complexity index is 408. The van der Waals surface area contributed by atoms with Crippen molar-refractivity contribution in [1.82, 2.24) is 0 Å². The Morgan fingerprint density at radius 1 is 1.53 bits per heavy atom. The first-order chi connectivity index (χ1) is 8.18. The minimum atomic E-state index is 0.182. The molecule has 0 N–H and O–H groups in total. The van der Waals surface area contributed by atoms with Crippen molar-refractivity contribution in [2.45, 2.75) is 24.7 Å². The lowest BCUT2D eigenvalue weighted by Crippen LogP contribution is -2.16. The first kappa shape index (κ1) is 13.1. The number of ether oxygens (including phenoxy) is 1. The molecule has 1 saturated heterocycles. The van der Waals surface area contributed by atoms with Gasteiger partial charge in [0.05, 0.1) is 11.9 Å². The summed E-state index contributed by atoms with van der Waals surface area (Å²) in [5, 5.41) is 0.460. The van der Waals surface area contributed by atoms with Crippen LogP contribution in [0, 0.1) is 0 Å². The summed E-state index contributed by atoms with van der Waals surface area (Å²) in [6.07, 6.45) is 1.32. The Kier molecular flexibility index (Phi) is 4.65. The van der Waals surface area contributed by atoms with Gasteiger partial charge >= 0.3 is 0 Å². The van der Waals surface area contributed by atoms with E-state index in [0.29, 0.717) is 11.0 Å². The predicted molar refractivity (Wildman–Crippen MR) is 74.7 cm³/mol. The zero-order chi connectivity index (χ0) is 12.3. The Balaban J connectivity index is 1.91. The summed E-state index contributed by atoms with van der Waals surface area (Å²) in [6.45, 7) is 2.90. The number of thioether (sulfide) groups is 1. The van der Waals surface area contributed by atoms with Crippen LogP contribution >= 0.6 is 27.7 Å². The lowest BCUT2D eigenvalue weighted by molar-refractivity contribution is 0.102. The molecular weight excluding hydrogens is 300 g/mol. The predicted octanol–water partition coefficient (Wildman–Crippen LogP) is 3.54. The topological polar surface area (TPSA) is 26.3 Å². The minimum absolute atomic E-state index is 0.182. The lowest BCUT2D eigenvalue weighted by atomic mass is 10.1. The van der Waals surface area contributed by atoms with Gasteiger partial charge in [-0.2, -0.15) is 0 Å². The van der Waals surface area contributed by atoms with Gasteiger partial charge < -0.3 is 4.74 Å². The molecule has 1 aliphatic rings. The molecule has 0 amide bonds. The molecule has 2 rings (SSSR count). The van der Waals surface area contributed by atoms with Crippen LogP contribution in [0.15, 0.2) is 28.7 Å². The standard InChI is InChI=1S/C13H15BrO2S/c1-9-13(6-7-16-9)17-8-12(15)10-4-2-3-5-11(10)14/h2-5,9,13H,6-8H2,1H3. The van der Waals surface area contributed by atoms with Crippen LogP contribution in [-0.2, 0) is 4.74 Å². The highest BCUT2D eigenvalue weighted by Gasteiger charge is 2.25. The number of benzene rings is 1. The van der Waals surface area contributed by atoms with Gasteiger partial charge in [0, 0.05) is 21.9 Å². The van der Waals surface area contributed by atoms with E-state index in [1.165, 1.54) is 0 Å². The quantitative estimate of drug-likeness (QED) is 0.795. The Hall–Kier alpha value is -0.320. The highest BCUT2D eigenvalue weighted by molar-refractivity contribution is 9.10. The smallest absolute Gasteiger partial charge is 0.173 e. The van der Waals surface area contributed by atoms with Gasteiger partial charge in [0.15, 0.2) is 5.78 Å². The molecule has 1 aromatic rings. The fourth-order valence-electron chi connectivity index (χ4n) is 1.88. The molecule has 1 fully saturated rings. The van der Waals surface area contributed by atoms with E-state index >= 15 is 0 Å². The molecule has 0 bridgehead atoms. The van der Waals surface area contributed by atoms with Crippen molar-refractivity contribution in [3.05, 3.63) is 34.3 Å². The highest BCUT2D eigenvalue weighted by Crippen LogP contribution is 2.27. The molecule has 0 spiro atoms. The molecule has 17 heavy (non-hydrogen) atoms. The number of halogens is 1. The minimum Gasteiger partial charge on any atom is -0.377 e. The summed E-state index contributed by atoms with van der Waals surface area (Å²) >= 11 is 5.12. The van der Waals surface area contributed by atoms with E-state index in [1.807, 2.05) is 24.3 Å². The molecule has 0 saturated carbocycles. The van der Waals surface area contributed by atoms with E-state index < -0.39 is 0 Å². The molecular formula is C13H15BrO2S. The summed E-state index contributed by atoms with van der Waals surface area (Å²) in [5.41, 5.74) is 0.770. The maximum absolute atomic E-state index is 12.0. The number of rotatable bonds is 4. The molecule has 4 heteroatoms. The van der Waals surface area contributed by atoms with Gasteiger partial charge in [0.1, 0.15) is 0 Å². The van der Waals surface area contributed by atoms with Crippen molar-refractivity contribution in [3.63, 3.8) is 0 Å². The fraction of sp³-hybridized carbons (Fsp3) is 0.462. The van der Waals surface area contributed by atoms with Gasteiger partial charge in [-0.1, -0.05) is 34.1 Å². The zero-order valence-electron chi connectivity index (χ0n) is 9.69. The number of hydrogen-bond acceptors (Lipinski definition) is 3. The van der Waals surface area contributed by atoms with Gasteiger partial charge in [0.2, 0.25) is 0 Å². The third kappa shape index (κ3) is 3.33. The first-order valence-electron chi connectivity index (χ1n) is 5.69. The number of ketones is 1. The zero-order valence-corrected chi connectivity index (χ0v) is 12.1. The van der Waals surface area contributed by atoms with Crippen LogP contribution in [-0.4, -0.2) is 29.5 Å². The molecule has 0 aromatic heterocycles. The number of carbonyl (C=O) groups excluding carboxylic acids is 1. The summed E-state index contributed by atoms with van der Waals surface area (Å²) in [5.74, 6) is 0.711. The number of hydrogen-bond donors (Lipinski definition) is 0. The Labute approximate surface area is 114 Å². The van der Waals surface area contributed by atoms with Crippen LogP contribution in [0.4, 0.5) is 0 Å². The molecule has 2 nitrogen and oxygen atoms in total. The maximum atomic E-state index is 12.0. The van der Waals surface area contributed by atoms with Crippen LogP contribution in [0.25, 0.3) is 0 Å². The molecule has 0 radical (unpaired) electrons. The van der Waals surface area contributed by atoms with Crippen LogP contribution < -0.4 is 0 Å². The average molecular weight is 315 g/mol. The second-order valence-electron chi connectivity index (χ2n) is 4.12. The molecule has 1 aromatic carbocycles. The lowest BCUT2D eigenvalue weighted by Gasteiger charge is -2.13. The molecule has 0 aliphatic carbocycles. The monoisotopic (exact) mass is 314 g/mol. The van der Waals surface area contributed by atoms with E-state index in [9.17, 15) is 4.79 Å². The molecule has 2 atom stereocenters. The first-order valence-corrected chi connectivity index (χ1v) is 7.53. The SMILES string of the molecule is CC1OCCC1SCC(=O)c1ccccc1Br. The second kappa shape index (κ2) is 6.03. The van der Waals surface area contributed by atoms with E-state index in [2.05, 4.69) is 22.9 Å². The third-order valence-electron chi connectivity index (χ3n) is 2.91. The summed E-state index contributed by atoms with van der Waals surface area (Å²) in [6, 6.07) is 7.58. The van der Waals surface area contributed by atoms with Crippen molar-refractivity contribution >= 4 is 33.5 Å². The van der Waals surface area contributed by atoms with Crippen LogP contribution in [0.3, 0.4) is 0 Å². The van der Waals surface area contributed by atoms with E-state index in [1.54, 1.807) is 11.8 Å². The van der Waals surface area contributed by atoms with E-state index in [0.717, 1.165) is 23.1 Å². The van der Waals surface area contributed by atoms with Crippen LogP contribution in [0.1, 0.15) is 23.7 Å². The molecule has 92 valence electrons. The van der Waals surface area contributed by atoms with Gasteiger partial charge in [-0.3, -0.25) is 4.79 Å². The van der Waals surface area contributed by atoms with Crippen molar-refractivity contribution < 1.29 is 9.53 Å². The number of carbonyl (C=O) groups is 1. The summed E-state index contributed by atoms with van der Waals surface area (Å²) in [4.78, 5) is 12.0. The molecule has 1 heterocycles. The van der Waals surface area contributed by atoms with Gasteiger partial charge in [0.25, 0.3) is 0 Å². The van der Waals surface area contributed by atoms with Crippen LogP contribution in [0.5, 0.6) is 0 Å². The third-order valence-corrected chi connectivity index (χ3v) is 5.08. The summed E-state index contributed by atoms with van der Waals surface area (Å²) < 4.78 is 6.36. The molecule has 2 unspecified atom stereocenters. The van der Waals surface area contributed by atoms with Crippen molar-refractivity contribution in [3.8, 4) is 0 Å². The average Bonchev–Trinajstić information content (AvgIpc) is 2.72. The number of Topliss-reactive ketones (excluding diaryl/α,β-unsaturated/α-hetero) is 1. The second-order valence-corrected chi connectivity index (χ2v) is 6.20. The normalized spacial score (nSPS) is 23.9. The van der Waals surface area contributed by atoms with Gasteiger partial charge in [-0.05, 0) is 19.4 Å². The fourth-order valence-corrected chi connectivity index (χ4v) is 3.52. The molecule has 1 aliphatic heterocycles. The van der Waals surface area contributed by atoms with E-state index in [-0.39, 0.29) is 11.9 Å². The van der Waals surface area contributed by atoms with E-state index in [4.69, 9.17) is 4.74 Å². The summed E-state index contributed by atoms with van der Waals surface area (Å²) in [7, 11) is 0. The van der Waals surface area contributed by atoms with Crippen molar-refractivity contribution in [2.75, 3.05) is 12.4 Å². The van der Waals surface area contributed by atoms with Crippen LogP contribution in [0.2, 0.25) is 0 Å². The Morgan fingerprint density at radius 3 is 2.94 bits per heavy atom. The van der Waals surface area contributed by atoms with Gasteiger partial charge in [-0.25, -0.2) is 0 Å².